The minimum Gasteiger partial charge on any atom is -0.455 e. The van der Waals surface area contributed by atoms with E-state index < -0.39 is 0 Å². The summed E-state index contributed by atoms with van der Waals surface area (Å²) in [7, 11) is 0. The van der Waals surface area contributed by atoms with Gasteiger partial charge in [-0.2, -0.15) is 0 Å². The van der Waals surface area contributed by atoms with Crippen LogP contribution >= 0.6 is 11.3 Å². The molecule has 98 heavy (non-hydrogen) atoms. The van der Waals surface area contributed by atoms with Crippen LogP contribution in [0.15, 0.2) is 326 Å². The second-order valence-corrected chi connectivity index (χ2v) is 26.3. The molecular formula is C91H53N5OS. The molecule has 0 saturated carbocycles. The fourth-order valence-electron chi connectivity index (χ4n) is 15.1. The van der Waals surface area contributed by atoms with Gasteiger partial charge in [-0.25, -0.2) is 24.9 Å². The van der Waals surface area contributed by atoms with Gasteiger partial charge in [0.05, 0.1) is 22.4 Å². The predicted molar refractivity (Wildman–Crippen MR) is 412 cm³/mol. The Hall–Kier alpha value is -12.8. The second-order valence-electron chi connectivity index (χ2n) is 25.3. The molecule has 0 spiro atoms. The van der Waals surface area contributed by atoms with E-state index in [9.17, 15) is 0 Å². The zero-order valence-electron chi connectivity index (χ0n) is 52.7. The number of nitrogens with zero attached hydrogens (tertiary/aromatic N) is 5. The van der Waals surface area contributed by atoms with Gasteiger partial charge in [-0.1, -0.05) is 273 Å². The fourth-order valence-corrected chi connectivity index (χ4v) is 16.4. The van der Waals surface area contributed by atoms with Crippen molar-refractivity contribution >= 4 is 151 Å². The lowest BCUT2D eigenvalue weighted by molar-refractivity contribution is 0.673. The summed E-state index contributed by atoms with van der Waals surface area (Å²) >= 11 is 1.89. The molecule has 0 N–H and O–H groups in total. The smallest absolute Gasteiger partial charge is 0.164 e. The number of furan rings is 1. The Morgan fingerprint density at radius 2 is 0.643 bits per heavy atom. The van der Waals surface area contributed by atoms with Crippen LogP contribution in [0.3, 0.4) is 0 Å². The largest absolute Gasteiger partial charge is 0.455 e. The first-order valence-corrected chi connectivity index (χ1v) is 33.9. The maximum atomic E-state index is 6.52. The topological polar surface area (TPSA) is 77.6 Å². The van der Waals surface area contributed by atoms with Gasteiger partial charge in [-0.3, -0.25) is 0 Å². The van der Waals surface area contributed by atoms with Gasteiger partial charge < -0.3 is 4.42 Å². The lowest BCUT2D eigenvalue weighted by atomic mass is 9.92. The van der Waals surface area contributed by atoms with E-state index in [0.717, 1.165) is 94.1 Å². The Balaban J connectivity index is 0.000000133. The minimum absolute atomic E-state index is 0.657. The number of hydrogen-bond acceptors (Lipinski definition) is 7. The normalized spacial score (nSPS) is 11.9. The Morgan fingerprint density at radius 1 is 0.224 bits per heavy atom. The maximum Gasteiger partial charge on any atom is 0.164 e. The molecule has 0 fully saturated rings. The molecule has 4 aromatic heterocycles. The first kappa shape index (κ1) is 55.6. The van der Waals surface area contributed by atoms with Crippen molar-refractivity contribution in [3.8, 4) is 67.8 Å². The highest BCUT2D eigenvalue weighted by Crippen LogP contribution is 2.48. The van der Waals surface area contributed by atoms with Crippen LogP contribution in [0.25, 0.3) is 207 Å². The number of aromatic nitrogens is 5. The molecule has 6 nitrogen and oxygen atoms in total. The Kier molecular flexibility index (Phi) is 12.7. The van der Waals surface area contributed by atoms with E-state index in [2.05, 4.69) is 261 Å². The molecule has 21 rings (SSSR count). The monoisotopic (exact) mass is 1260 g/mol. The maximum absolute atomic E-state index is 6.52. The second kappa shape index (κ2) is 22.4. The average molecular weight is 1260 g/mol. The van der Waals surface area contributed by atoms with Gasteiger partial charge in [0.2, 0.25) is 0 Å². The number of thiophene rings is 1. The predicted octanol–water partition coefficient (Wildman–Crippen LogP) is 25.0. The summed E-state index contributed by atoms with van der Waals surface area (Å²) < 4.78 is 9.18. The van der Waals surface area contributed by atoms with Gasteiger partial charge in [-0.05, 0) is 130 Å². The molecule has 17 aromatic carbocycles. The Morgan fingerprint density at radius 3 is 1.31 bits per heavy atom. The molecule has 0 aliphatic heterocycles. The summed E-state index contributed by atoms with van der Waals surface area (Å²) in [5, 5.41) is 24.6. The van der Waals surface area contributed by atoms with E-state index in [4.69, 9.17) is 29.3 Å². The summed E-state index contributed by atoms with van der Waals surface area (Å²) in [4.78, 5) is 25.6. The lowest BCUT2D eigenvalue weighted by Gasteiger charge is -2.13. The highest BCUT2D eigenvalue weighted by Gasteiger charge is 2.22. The number of rotatable bonds is 6. The SMILES string of the molecule is c1ccc(-c2nc(-c3ccc4c(ccc5ccccc54)c3)nc(-c3ccc4c(ccc5c6sc7ccccc7c6c6ccccc6c45)c3)n2)cc1.c1ccc(-c2nc3ccc(-c4ccc5c(ccc6c7oc8ccccc8c7c7ccccc7c56)c4)cc3nc2-c2ccccc2)cc1. The quantitative estimate of drug-likeness (QED) is 0.154. The number of hydrogen-bond donors (Lipinski definition) is 0. The zero-order valence-corrected chi connectivity index (χ0v) is 53.5. The molecule has 0 radical (unpaired) electrons. The first-order chi connectivity index (χ1) is 48.6. The summed E-state index contributed by atoms with van der Waals surface area (Å²) in [5.74, 6) is 1.97. The molecule has 0 atom stereocenters. The van der Waals surface area contributed by atoms with Crippen molar-refractivity contribution in [2.24, 2.45) is 0 Å². The molecular weight excluding hydrogens is 1210 g/mol. The summed E-state index contributed by atoms with van der Waals surface area (Å²) in [5.41, 5.74) is 12.6. The average Bonchev–Trinajstić information content (AvgIpc) is 1.45. The van der Waals surface area contributed by atoms with Crippen LogP contribution in [0.4, 0.5) is 0 Å². The van der Waals surface area contributed by atoms with Crippen molar-refractivity contribution in [1.29, 1.82) is 0 Å². The molecule has 4 heterocycles. The van der Waals surface area contributed by atoms with Gasteiger partial charge in [0.25, 0.3) is 0 Å². The minimum atomic E-state index is 0.657. The molecule has 7 heteroatoms. The molecule has 0 amide bonds. The van der Waals surface area contributed by atoms with E-state index in [1.165, 1.54) is 95.6 Å². The van der Waals surface area contributed by atoms with Crippen LogP contribution in [-0.4, -0.2) is 24.9 Å². The standard InChI is InChI=1S/C47H27N3S.C44H26N2O/c1-2-11-29(12-3-1)45-48-46(32-21-23-35-30(26-32)19-18-28-10-4-5-13-34(28)35)50-47(49-45)33-22-24-36-31(27-33)20-25-40-42(36)37-14-6-7-15-38(37)43-39-16-8-9-17-41(39)51-44(40)43;1-3-11-27(12-4-1)42-43(28-13-5-2-6-14-28)46-38-26-30(21-24-37(38)45-42)29-19-22-32-31(25-29)20-23-36-40(32)33-15-7-8-16-34(33)41-35-17-9-10-18-39(35)47-44(36)41/h1-27H;1-26H. The van der Waals surface area contributed by atoms with Crippen LogP contribution in [0, 0.1) is 0 Å². The van der Waals surface area contributed by atoms with E-state index in [1.54, 1.807) is 0 Å². The Labute approximate surface area is 565 Å². The van der Waals surface area contributed by atoms with Crippen molar-refractivity contribution in [1.82, 2.24) is 24.9 Å². The summed E-state index contributed by atoms with van der Waals surface area (Å²) in [6, 6.07) is 114. The summed E-state index contributed by atoms with van der Waals surface area (Å²) in [6.07, 6.45) is 0. The highest BCUT2D eigenvalue weighted by atomic mass is 32.1. The van der Waals surface area contributed by atoms with E-state index in [-0.39, 0.29) is 0 Å². The summed E-state index contributed by atoms with van der Waals surface area (Å²) in [6.45, 7) is 0. The first-order valence-electron chi connectivity index (χ1n) is 33.1. The number of fused-ring (bicyclic) bond motifs is 24. The molecule has 0 aliphatic rings. The fraction of sp³-hybridized carbons (Fsp3) is 0. The van der Waals surface area contributed by atoms with Crippen molar-refractivity contribution < 1.29 is 4.42 Å². The van der Waals surface area contributed by atoms with Gasteiger partial charge in [0.1, 0.15) is 11.2 Å². The molecule has 21 aromatic rings. The third kappa shape index (κ3) is 9.05. The Bertz CT molecular complexity index is 6870. The van der Waals surface area contributed by atoms with Gasteiger partial charge in [0, 0.05) is 74.9 Å². The van der Waals surface area contributed by atoms with Gasteiger partial charge >= 0.3 is 0 Å². The van der Waals surface area contributed by atoms with E-state index in [0.29, 0.717) is 17.5 Å². The van der Waals surface area contributed by atoms with Crippen molar-refractivity contribution in [2.45, 2.75) is 0 Å². The van der Waals surface area contributed by atoms with Crippen LogP contribution in [0.2, 0.25) is 0 Å². The van der Waals surface area contributed by atoms with Crippen molar-refractivity contribution in [3.63, 3.8) is 0 Å². The number of benzene rings is 17. The van der Waals surface area contributed by atoms with E-state index >= 15 is 0 Å². The van der Waals surface area contributed by atoms with Gasteiger partial charge in [0.15, 0.2) is 17.5 Å². The third-order valence-electron chi connectivity index (χ3n) is 19.7. The molecule has 0 bridgehead atoms. The van der Waals surface area contributed by atoms with Crippen LogP contribution < -0.4 is 0 Å². The van der Waals surface area contributed by atoms with Crippen molar-refractivity contribution in [3.05, 3.63) is 322 Å². The molecule has 0 saturated heterocycles. The van der Waals surface area contributed by atoms with E-state index in [1.807, 2.05) is 72.0 Å². The lowest BCUT2D eigenvalue weighted by Crippen LogP contribution is -2.00. The van der Waals surface area contributed by atoms with Crippen LogP contribution in [-0.2, 0) is 0 Å². The molecule has 0 unspecified atom stereocenters. The highest BCUT2D eigenvalue weighted by molar-refractivity contribution is 7.27. The zero-order chi connectivity index (χ0) is 64.4. The molecule has 0 aliphatic carbocycles. The number of para-hydroxylation sites is 1. The van der Waals surface area contributed by atoms with Crippen LogP contribution in [0.5, 0.6) is 0 Å². The third-order valence-corrected chi connectivity index (χ3v) is 20.9. The molecule has 454 valence electrons. The van der Waals surface area contributed by atoms with Crippen molar-refractivity contribution in [2.75, 3.05) is 0 Å². The van der Waals surface area contributed by atoms with Crippen LogP contribution in [0.1, 0.15) is 0 Å². The van der Waals surface area contributed by atoms with Gasteiger partial charge in [-0.15, -0.1) is 11.3 Å².